The highest BCUT2D eigenvalue weighted by Crippen LogP contribution is 2.48. The smallest absolute Gasteiger partial charge is 0.234 e. The van der Waals surface area contributed by atoms with Crippen molar-refractivity contribution in [3.8, 4) is 11.4 Å². The van der Waals surface area contributed by atoms with Gasteiger partial charge in [0, 0.05) is 17.5 Å². The van der Waals surface area contributed by atoms with Gasteiger partial charge in [-0.25, -0.2) is 0 Å². The van der Waals surface area contributed by atoms with Crippen LogP contribution in [0.4, 0.5) is 0 Å². The van der Waals surface area contributed by atoms with Crippen LogP contribution in [0.5, 0.6) is 0 Å². The van der Waals surface area contributed by atoms with Gasteiger partial charge in [-0.05, 0) is 12.8 Å². The van der Waals surface area contributed by atoms with Gasteiger partial charge in [0.2, 0.25) is 4.96 Å². The van der Waals surface area contributed by atoms with Crippen LogP contribution in [0, 0.1) is 0 Å². The summed E-state index contributed by atoms with van der Waals surface area (Å²) >= 11 is 1.61. The molecule has 2 aromatic heterocycles. The Bertz CT molecular complexity index is 726. The lowest BCUT2D eigenvalue weighted by Gasteiger charge is -2.05. The normalized spacial score (nSPS) is 16.9. The zero-order chi connectivity index (χ0) is 12.9. The average molecular weight is 271 g/mol. The molecule has 0 atom stereocenters. The number of nitrogens with two attached hydrogens (primary N) is 1. The Kier molecular flexibility index (Phi) is 2.24. The molecule has 1 aliphatic carbocycles. The van der Waals surface area contributed by atoms with E-state index in [0.29, 0.717) is 6.54 Å². The molecule has 2 heterocycles. The fraction of sp³-hybridized carbons (Fsp3) is 0.308. The van der Waals surface area contributed by atoms with E-state index in [9.17, 15) is 0 Å². The predicted octanol–water partition coefficient (Wildman–Crippen LogP) is 1.84. The second-order valence-corrected chi connectivity index (χ2v) is 5.93. The average Bonchev–Trinajstić information content (AvgIpc) is 2.98. The standard InChI is InChI=1S/C13H13N5S/c14-8-13(6-7-13)11-17-18-10(15-16-12(18)19-11)9-4-2-1-3-5-9/h1-5H,6-8,14H2. The Morgan fingerprint density at radius 1 is 1.21 bits per heavy atom. The van der Waals surface area contributed by atoms with Crippen LogP contribution in [0.3, 0.4) is 0 Å². The highest BCUT2D eigenvalue weighted by atomic mass is 32.1. The van der Waals surface area contributed by atoms with Gasteiger partial charge in [-0.2, -0.15) is 9.61 Å². The van der Waals surface area contributed by atoms with E-state index >= 15 is 0 Å². The number of nitrogens with zero attached hydrogens (tertiary/aromatic N) is 4. The number of aromatic nitrogens is 4. The van der Waals surface area contributed by atoms with Crippen molar-refractivity contribution in [2.45, 2.75) is 18.3 Å². The minimum absolute atomic E-state index is 0.110. The van der Waals surface area contributed by atoms with Gasteiger partial charge in [-0.15, -0.1) is 10.2 Å². The quantitative estimate of drug-likeness (QED) is 0.789. The topological polar surface area (TPSA) is 69.1 Å². The third kappa shape index (κ3) is 1.60. The number of fused-ring (bicyclic) bond motifs is 1. The molecule has 0 saturated heterocycles. The van der Waals surface area contributed by atoms with Crippen molar-refractivity contribution in [3.05, 3.63) is 35.3 Å². The van der Waals surface area contributed by atoms with E-state index in [1.165, 1.54) is 0 Å². The van der Waals surface area contributed by atoms with Gasteiger partial charge >= 0.3 is 0 Å². The van der Waals surface area contributed by atoms with E-state index in [-0.39, 0.29) is 5.41 Å². The Balaban J connectivity index is 1.86. The largest absolute Gasteiger partial charge is 0.329 e. The first-order chi connectivity index (χ1) is 9.32. The second kappa shape index (κ2) is 3.85. The zero-order valence-electron chi connectivity index (χ0n) is 10.3. The first-order valence-electron chi connectivity index (χ1n) is 6.31. The lowest BCUT2D eigenvalue weighted by Crippen LogP contribution is -2.19. The van der Waals surface area contributed by atoms with Crippen LogP contribution in [0.25, 0.3) is 16.3 Å². The summed E-state index contributed by atoms with van der Waals surface area (Å²) in [6.07, 6.45) is 2.27. The SMILES string of the molecule is NCC1(c2nn3c(-c4ccccc4)nnc3s2)CC1. The first-order valence-corrected chi connectivity index (χ1v) is 7.12. The summed E-state index contributed by atoms with van der Waals surface area (Å²) in [5.41, 5.74) is 7.00. The molecule has 0 radical (unpaired) electrons. The number of rotatable bonds is 3. The molecule has 1 aliphatic rings. The van der Waals surface area contributed by atoms with Gasteiger partial charge in [0.1, 0.15) is 5.01 Å². The van der Waals surface area contributed by atoms with Crippen molar-refractivity contribution in [3.63, 3.8) is 0 Å². The summed E-state index contributed by atoms with van der Waals surface area (Å²) in [4.78, 5) is 0.841. The predicted molar refractivity (Wildman–Crippen MR) is 74.1 cm³/mol. The van der Waals surface area contributed by atoms with Crippen molar-refractivity contribution < 1.29 is 0 Å². The van der Waals surface area contributed by atoms with Crippen LogP contribution < -0.4 is 5.73 Å². The van der Waals surface area contributed by atoms with E-state index in [1.807, 2.05) is 34.8 Å². The minimum Gasteiger partial charge on any atom is -0.329 e. The maximum Gasteiger partial charge on any atom is 0.234 e. The number of benzene rings is 1. The Morgan fingerprint density at radius 2 is 2.00 bits per heavy atom. The molecule has 4 rings (SSSR count). The van der Waals surface area contributed by atoms with E-state index in [2.05, 4.69) is 15.3 Å². The van der Waals surface area contributed by atoms with Crippen molar-refractivity contribution in [1.29, 1.82) is 0 Å². The van der Waals surface area contributed by atoms with Crippen molar-refractivity contribution in [2.75, 3.05) is 6.54 Å². The van der Waals surface area contributed by atoms with Crippen molar-refractivity contribution in [2.24, 2.45) is 5.73 Å². The summed E-state index contributed by atoms with van der Waals surface area (Å²) in [5, 5.41) is 14.2. The highest BCUT2D eigenvalue weighted by Gasteiger charge is 2.46. The lowest BCUT2D eigenvalue weighted by atomic mass is 10.1. The summed E-state index contributed by atoms with van der Waals surface area (Å²) in [6.45, 7) is 0.664. The van der Waals surface area contributed by atoms with E-state index in [4.69, 9.17) is 5.73 Å². The summed E-state index contributed by atoms with van der Waals surface area (Å²) in [7, 11) is 0. The second-order valence-electron chi connectivity index (χ2n) is 4.98. The van der Waals surface area contributed by atoms with E-state index in [0.717, 1.165) is 34.2 Å². The van der Waals surface area contributed by atoms with E-state index in [1.54, 1.807) is 11.3 Å². The van der Waals surface area contributed by atoms with Crippen LogP contribution in [-0.2, 0) is 5.41 Å². The van der Waals surface area contributed by atoms with Gasteiger partial charge in [0.05, 0.1) is 0 Å². The third-order valence-electron chi connectivity index (χ3n) is 3.72. The molecule has 1 fully saturated rings. The molecule has 0 bridgehead atoms. The lowest BCUT2D eigenvalue weighted by molar-refractivity contribution is 0.679. The molecule has 6 heteroatoms. The molecular formula is C13H13N5S. The maximum absolute atomic E-state index is 5.86. The monoisotopic (exact) mass is 271 g/mol. The molecule has 1 aromatic carbocycles. The Hall–Kier alpha value is -1.79. The molecule has 3 aromatic rings. The first kappa shape index (κ1) is 11.1. The van der Waals surface area contributed by atoms with Crippen molar-refractivity contribution in [1.82, 2.24) is 19.8 Å². The Morgan fingerprint density at radius 3 is 2.68 bits per heavy atom. The number of hydrogen-bond acceptors (Lipinski definition) is 5. The van der Waals surface area contributed by atoms with Gasteiger partial charge in [-0.3, -0.25) is 0 Å². The van der Waals surface area contributed by atoms with Crippen LogP contribution in [-0.4, -0.2) is 26.4 Å². The molecule has 0 aliphatic heterocycles. The zero-order valence-corrected chi connectivity index (χ0v) is 11.1. The fourth-order valence-corrected chi connectivity index (χ4v) is 3.35. The summed E-state index contributed by atoms with van der Waals surface area (Å²) < 4.78 is 1.84. The van der Waals surface area contributed by atoms with Gasteiger partial charge in [-0.1, -0.05) is 41.7 Å². The minimum atomic E-state index is 0.110. The molecule has 0 amide bonds. The van der Waals surface area contributed by atoms with Crippen LogP contribution in [0.1, 0.15) is 17.8 Å². The van der Waals surface area contributed by atoms with Gasteiger partial charge in [0.15, 0.2) is 5.82 Å². The van der Waals surface area contributed by atoms with Crippen molar-refractivity contribution >= 4 is 16.3 Å². The molecule has 0 spiro atoms. The molecule has 0 unspecified atom stereocenters. The van der Waals surface area contributed by atoms with Gasteiger partial charge < -0.3 is 5.73 Å². The van der Waals surface area contributed by atoms with Gasteiger partial charge in [0.25, 0.3) is 0 Å². The molecule has 2 N–H and O–H groups in total. The molecule has 19 heavy (non-hydrogen) atoms. The fourth-order valence-electron chi connectivity index (χ4n) is 2.25. The van der Waals surface area contributed by atoms with Crippen LogP contribution >= 0.6 is 11.3 Å². The van der Waals surface area contributed by atoms with E-state index < -0.39 is 0 Å². The maximum atomic E-state index is 5.86. The molecule has 5 nitrogen and oxygen atoms in total. The highest BCUT2D eigenvalue weighted by molar-refractivity contribution is 7.16. The third-order valence-corrected chi connectivity index (χ3v) is 4.87. The van der Waals surface area contributed by atoms with Crippen LogP contribution in [0.2, 0.25) is 0 Å². The van der Waals surface area contributed by atoms with Crippen LogP contribution in [0.15, 0.2) is 30.3 Å². The summed E-state index contributed by atoms with van der Waals surface area (Å²) in [6, 6.07) is 10.0. The molecule has 96 valence electrons. The summed E-state index contributed by atoms with van der Waals surface area (Å²) in [5.74, 6) is 0.797. The molecule has 1 saturated carbocycles. The Labute approximate surface area is 114 Å². The molecular weight excluding hydrogens is 258 g/mol. The number of hydrogen-bond donors (Lipinski definition) is 1.